The molecule has 1 amide bonds. The van der Waals surface area contributed by atoms with E-state index in [9.17, 15) is 13.6 Å². The van der Waals surface area contributed by atoms with Gasteiger partial charge in [0.25, 0.3) is 5.91 Å². The highest BCUT2D eigenvalue weighted by atomic mass is 19.1. The minimum Gasteiger partial charge on any atom is -0.461 e. The Hall–Kier alpha value is -4.76. The SMILES string of the molecule is [C-]#[N+]C[C@H]1CN(c2nc(OC[C@@]34CCCN3C[C@H](F)C4)nc3c(F)c(-c4cccc5cccc(F)c45)ccc23)CCN1C(=O)C(=C)F. The van der Waals surface area contributed by atoms with Gasteiger partial charge in [-0.25, -0.2) is 24.1 Å². The number of halogens is 4. The molecule has 4 heterocycles. The molecule has 0 N–H and O–H groups in total. The first-order chi connectivity index (χ1) is 22.7. The van der Waals surface area contributed by atoms with Crippen LogP contribution in [0.1, 0.15) is 19.3 Å². The number of benzene rings is 3. The average molecular weight is 645 g/mol. The summed E-state index contributed by atoms with van der Waals surface area (Å²) in [5.74, 6) is -2.86. The van der Waals surface area contributed by atoms with Crippen molar-refractivity contribution in [1.29, 1.82) is 0 Å². The Balaban J connectivity index is 1.33. The summed E-state index contributed by atoms with van der Waals surface area (Å²) in [5.41, 5.74) is -0.0500. The van der Waals surface area contributed by atoms with Crippen LogP contribution >= 0.6 is 0 Å². The van der Waals surface area contributed by atoms with E-state index in [4.69, 9.17) is 16.3 Å². The number of amides is 1. The lowest BCUT2D eigenvalue weighted by Crippen LogP contribution is -2.56. The summed E-state index contributed by atoms with van der Waals surface area (Å²) >= 11 is 0. The second-order valence-electron chi connectivity index (χ2n) is 12.5. The second kappa shape index (κ2) is 12.1. The summed E-state index contributed by atoms with van der Waals surface area (Å²) in [5, 5.41) is 1.24. The summed E-state index contributed by atoms with van der Waals surface area (Å²) in [7, 11) is 0. The Morgan fingerprint density at radius 3 is 2.66 bits per heavy atom. The van der Waals surface area contributed by atoms with Gasteiger partial charge in [0.2, 0.25) is 6.54 Å². The molecule has 3 saturated heterocycles. The van der Waals surface area contributed by atoms with Crippen molar-refractivity contribution < 1.29 is 27.1 Å². The van der Waals surface area contributed by atoms with E-state index in [0.29, 0.717) is 35.1 Å². The molecule has 7 rings (SSSR count). The normalized spacial score (nSPS) is 22.9. The molecule has 0 unspecified atom stereocenters. The predicted molar refractivity (Wildman–Crippen MR) is 170 cm³/mol. The molecular weight excluding hydrogens is 612 g/mol. The van der Waals surface area contributed by atoms with Crippen LogP contribution in [0.15, 0.2) is 60.9 Å². The Labute approximate surface area is 269 Å². The summed E-state index contributed by atoms with van der Waals surface area (Å²) in [6, 6.07) is 12.3. The zero-order valence-corrected chi connectivity index (χ0v) is 25.6. The third-order valence-electron chi connectivity index (χ3n) is 9.72. The molecule has 3 atom stereocenters. The molecule has 12 heteroatoms. The van der Waals surface area contributed by atoms with E-state index in [1.165, 1.54) is 11.0 Å². The van der Waals surface area contributed by atoms with E-state index >= 15 is 8.78 Å². The molecule has 3 aromatic carbocycles. The molecule has 242 valence electrons. The summed E-state index contributed by atoms with van der Waals surface area (Å²) < 4.78 is 66.3. The van der Waals surface area contributed by atoms with Crippen molar-refractivity contribution in [2.24, 2.45) is 0 Å². The van der Waals surface area contributed by atoms with Crippen LogP contribution in [0.4, 0.5) is 23.4 Å². The van der Waals surface area contributed by atoms with E-state index in [1.54, 1.807) is 42.5 Å². The lowest BCUT2D eigenvalue weighted by atomic mass is 9.95. The Bertz CT molecular complexity index is 1940. The Kier molecular flexibility index (Phi) is 7.96. The van der Waals surface area contributed by atoms with Crippen LogP contribution in [0.3, 0.4) is 0 Å². The van der Waals surface area contributed by atoms with Gasteiger partial charge in [0.05, 0.1) is 5.54 Å². The number of piperazine rings is 1. The van der Waals surface area contributed by atoms with Gasteiger partial charge in [0.1, 0.15) is 36.0 Å². The molecule has 0 saturated carbocycles. The molecule has 0 aliphatic carbocycles. The maximum Gasteiger partial charge on any atom is 0.319 e. The number of hydrogen-bond donors (Lipinski definition) is 0. The van der Waals surface area contributed by atoms with Gasteiger partial charge in [-0.3, -0.25) is 9.69 Å². The van der Waals surface area contributed by atoms with Gasteiger partial charge in [0.15, 0.2) is 11.6 Å². The molecular formula is C35H32F4N6O2. The molecule has 1 aromatic heterocycles. The number of hydrogen-bond acceptors (Lipinski definition) is 6. The van der Waals surface area contributed by atoms with Gasteiger partial charge < -0.3 is 19.4 Å². The van der Waals surface area contributed by atoms with Crippen LogP contribution in [-0.4, -0.2) is 89.3 Å². The number of aromatic nitrogens is 2. The van der Waals surface area contributed by atoms with Crippen molar-refractivity contribution >= 4 is 33.4 Å². The minimum absolute atomic E-state index is 0.0521. The van der Waals surface area contributed by atoms with Crippen LogP contribution in [0, 0.1) is 18.2 Å². The number of fused-ring (bicyclic) bond motifs is 3. The summed E-state index contributed by atoms with van der Waals surface area (Å²) in [6.45, 7) is 12.1. The smallest absolute Gasteiger partial charge is 0.319 e. The van der Waals surface area contributed by atoms with E-state index in [2.05, 4.69) is 21.3 Å². The van der Waals surface area contributed by atoms with Crippen LogP contribution < -0.4 is 9.64 Å². The molecule has 0 radical (unpaired) electrons. The lowest BCUT2D eigenvalue weighted by molar-refractivity contribution is -0.131. The maximum atomic E-state index is 16.7. The Morgan fingerprint density at radius 2 is 1.87 bits per heavy atom. The molecule has 4 aromatic rings. The third kappa shape index (κ3) is 5.42. The zero-order chi connectivity index (χ0) is 32.9. The molecule has 47 heavy (non-hydrogen) atoms. The number of nitrogens with zero attached hydrogens (tertiary/aromatic N) is 6. The van der Waals surface area contributed by atoms with Crippen molar-refractivity contribution in [3.05, 3.63) is 84.0 Å². The molecule has 0 spiro atoms. The van der Waals surface area contributed by atoms with E-state index in [0.717, 1.165) is 19.4 Å². The standard InChI is InChI=1S/C35H32F4N6O2/c1-21(36)33(46)45-15-14-43(19-24(45)17-40-2)32-27-11-10-26(25-8-3-6-22-7-4-9-28(38)29(22)25)30(39)31(27)41-34(42-32)47-20-35-12-5-13-44(35)18-23(37)16-35/h3-4,6-11,23-24H,1,5,12-20H2/t23-,24+,35+/m1/s1. The first-order valence-corrected chi connectivity index (χ1v) is 15.6. The maximum absolute atomic E-state index is 16.7. The second-order valence-corrected chi connectivity index (χ2v) is 12.5. The monoisotopic (exact) mass is 644 g/mol. The minimum atomic E-state index is -1.11. The fourth-order valence-corrected chi connectivity index (χ4v) is 7.54. The number of rotatable bonds is 7. The summed E-state index contributed by atoms with van der Waals surface area (Å²) in [4.78, 5) is 30.4. The first kappa shape index (κ1) is 30.9. The molecule has 3 fully saturated rings. The zero-order valence-electron chi connectivity index (χ0n) is 25.6. The molecule has 3 aliphatic heterocycles. The van der Waals surface area contributed by atoms with Crippen molar-refractivity contribution in [3.63, 3.8) is 0 Å². The van der Waals surface area contributed by atoms with Gasteiger partial charge in [-0.1, -0.05) is 43.0 Å². The van der Waals surface area contributed by atoms with Gasteiger partial charge in [-0.15, -0.1) is 0 Å². The number of anilines is 1. The largest absolute Gasteiger partial charge is 0.461 e. The van der Waals surface area contributed by atoms with Gasteiger partial charge in [-0.05, 0) is 42.5 Å². The van der Waals surface area contributed by atoms with Gasteiger partial charge in [0, 0.05) is 48.9 Å². The van der Waals surface area contributed by atoms with Crippen molar-refractivity contribution in [2.75, 3.05) is 50.8 Å². The van der Waals surface area contributed by atoms with Crippen molar-refractivity contribution in [2.45, 2.75) is 37.0 Å². The topological polar surface area (TPSA) is 66.2 Å². The fraction of sp³-hybridized carbons (Fsp3) is 0.371. The predicted octanol–water partition coefficient (Wildman–Crippen LogP) is 6.10. The van der Waals surface area contributed by atoms with E-state index in [-0.39, 0.29) is 55.3 Å². The van der Waals surface area contributed by atoms with Crippen LogP contribution in [0.25, 0.3) is 37.6 Å². The van der Waals surface area contributed by atoms with Crippen molar-refractivity contribution in [3.8, 4) is 17.1 Å². The molecule has 0 bridgehead atoms. The highest BCUT2D eigenvalue weighted by molar-refractivity contribution is 6.01. The molecule has 3 aliphatic rings. The average Bonchev–Trinajstić information content (AvgIpc) is 3.59. The first-order valence-electron chi connectivity index (χ1n) is 15.6. The highest BCUT2D eigenvalue weighted by Crippen LogP contribution is 2.41. The number of carbonyl (C=O) groups is 1. The summed E-state index contributed by atoms with van der Waals surface area (Å²) in [6.07, 6.45) is 1.03. The number of carbonyl (C=O) groups excluding carboxylic acids is 1. The third-order valence-corrected chi connectivity index (χ3v) is 9.72. The van der Waals surface area contributed by atoms with E-state index < -0.39 is 41.1 Å². The molecule has 8 nitrogen and oxygen atoms in total. The van der Waals surface area contributed by atoms with Crippen LogP contribution in [-0.2, 0) is 4.79 Å². The van der Waals surface area contributed by atoms with Gasteiger partial charge >= 0.3 is 6.01 Å². The quantitative estimate of drug-likeness (QED) is 0.138. The lowest BCUT2D eigenvalue weighted by Gasteiger charge is -2.39. The fourth-order valence-electron chi connectivity index (χ4n) is 7.54. The van der Waals surface area contributed by atoms with Crippen molar-refractivity contribution in [1.82, 2.24) is 19.8 Å². The Morgan fingerprint density at radius 1 is 1.06 bits per heavy atom. The number of ether oxygens (including phenoxy) is 1. The van der Waals surface area contributed by atoms with Gasteiger partial charge in [-0.2, -0.15) is 9.97 Å². The number of alkyl halides is 1. The highest BCUT2D eigenvalue weighted by Gasteiger charge is 2.49. The van der Waals surface area contributed by atoms with Crippen LogP contribution in [0.5, 0.6) is 6.01 Å². The van der Waals surface area contributed by atoms with Crippen LogP contribution in [0.2, 0.25) is 0 Å². The van der Waals surface area contributed by atoms with E-state index in [1.807, 2.05) is 4.90 Å².